The van der Waals surface area contributed by atoms with Crippen molar-refractivity contribution in [2.24, 2.45) is 0 Å². The second kappa shape index (κ2) is 4.88. The highest BCUT2D eigenvalue weighted by Crippen LogP contribution is 2.40. The number of piperidine rings is 1. The summed E-state index contributed by atoms with van der Waals surface area (Å²) in [7, 11) is 0. The molecule has 0 aliphatic carbocycles. The molecule has 4 heteroatoms. The third-order valence-corrected chi connectivity index (χ3v) is 4.79. The number of H-pyrrole nitrogens is 1. The lowest BCUT2D eigenvalue weighted by molar-refractivity contribution is -0.153. The van der Waals surface area contributed by atoms with E-state index in [-0.39, 0.29) is 18.1 Å². The van der Waals surface area contributed by atoms with Crippen molar-refractivity contribution in [2.45, 2.75) is 38.3 Å². The highest BCUT2D eigenvalue weighted by molar-refractivity contribution is 5.85. The van der Waals surface area contributed by atoms with Gasteiger partial charge in [0.15, 0.2) is 0 Å². The zero-order valence-electron chi connectivity index (χ0n) is 12.3. The average Bonchev–Trinajstić information content (AvgIpc) is 2.85. The third kappa shape index (κ3) is 2.05. The van der Waals surface area contributed by atoms with Gasteiger partial charge < -0.3 is 9.72 Å². The molecule has 2 atom stereocenters. The molecule has 1 aromatic heterocycles. The number of aromatic amines is 1. The van der Waals surface area contributed by atoms with E-state index >= 15 is 0 Å². The fourth-order valence-corrected chi connectivity index (χ4v) is 3.98. The lowest BCUT2D eigenvalue weighted by Gasteiger charge is -2.43. The van der Waals surface area contributed by atoms with Crippen LogP contribution in [0.15, 0.2) is 24.3 Å². The summed E-state index contributed by atoms with van der Waals surface area (Å²) in [6, 6.07) is 8.66. The van der Waals surface area contributed by atoms with E-state index in [4.69, 9.17) is 4.74 Å². The number of nitrogens with zero attached hydrogens (tertiary/aromatic N) is 1. The minimum atomic E-state index is -0.176. The van der Waals surface area contributed by atoms with Crippen LogP contribution in [0.4, 0.5) is 0 Å². The second-order valence-electron chi connectivity index (χ2n) is 6.08. The van der Waals surface area contributed by atoms with Gasteiger partial charge in [-0.1, -0.05) is 18.2 Å². The number of fused-ring (bicyclic) bond motifs is 5. The SMILES string of the molecule is CC(=O)O[C@@H]1CCCN2CCc3c([nH]c4ccccc34)[C@H]12. The Hall–Kier alpha value is -1.81. The molecule has 0 unspecified atom stereocenters. The first-order valence-electron chi connectivity index (χ1n) is 7.75. The van der Waals surface area contributed by atoms with Gasteiger partial charge in [0.2, 0.25) is 0 Å². The minimum Gasteiger partial charge on any atom is -0.460 e. The van der Waals surface area contributed by atoms with E-state index < -0.39 is 0 Å². The van der Waals surface area contributed by atoms with Gasteiger partial charge in [-0.2, -0.15) is 0 Å². The van der Waals surface area contributed by atoms with Crippen molar-refractivity contribution in [3.05, 3.63) is 35.5 Å². The Morgan fingerprint density at radius 2 is 2.19 bits per heavy atom. The summed E-state index contributed by atoms with van der Waals surface area (Å²) in [6.07, 6.45) is 3.10. The molecule has 2 aromatic rings. The number of aromatic nitrogens is 1. The molecule has 1 fully saturated rings. The molecule has 1 saturated heterocycles. The van der Waals surface area contributed by atoms with E-state index in [0.29, 0.717) is 0 Å². The number of hydrogen-bond acceptors (Lipinski definition) is 3. The lowest BCUT2D eigenvalue weighted by atomic mass is 9.88. The molecular weight excluding hydrogens is 264 g/mol. The number of ether oxygens (including phenoxy) is 1. The summed E-state index contributed by atoms with van der Waals surface area (Å²) in [6.45, 7) is 3.66. The topological polar surface area (TPSA) is 45.3 Å². The van der Waals surface area contributed by atoms with E-state index in [9.17, 15) is 4.79 Å². The summed E-state index contributed by atoms with van der Waals surface area (Å²) in [4.78, 5) is 17.5. The molecule has 2 aliphatic heterocycles. The maximum absolute atomic E-state index is 11.4. The Morgan fingerprint density at radius 3 is 3.05 bits per heavy atom. The Bertz CT molecular complexity index is 691. The van der Waals surface area contributed by atoms with E-state index in [1.807, 2.05) is 0 Å². The number of hydrogen-bond donors (Lipinski definition) is 1. The van der Waals surface area contributed by atoms with E-state index in [1.54, 1.807) is 0 Å². The Morgan fingerprint density at radius 1 is 1.33 bits per heavy atom. The number of para-hydroxylation sites is 1. The largest absolute Gasteiger partial charge is 0.460 e. The molecule has 2 aliphatic rings. The maximum atomic E-state index is 11.4. The van der Waals surface area contributed by atoms with Crippen LogP contribution in [0.1, 0.15) is 37.1 Å². The minimum absolute atomic E-state index is 0.0247. The van der Waals surface area contributed by atoms with Crippen LogP contribution in [0.2, 0.25) is 0 Å². The summed E-state index contributed by atoms with van der Waals surface area (Å²) < 4.78 is 5.61. The predicted molar refractivity (Wildman–Crippen MR) is 81.1 cm³/mol. The monoisotopic (exact) mass is 284 g/mol. The van der Waals surface area contributed by atoms with Crippen molar-refractivity contribution in [1.29, 1.82) is 0 Å². The Balaban J connectivity index is 1.81. The van der Waals surface area contributed by atoms with Gasteiger partial charge in [0.25, 0.3) is 0 Å². The van der Waals surface area contributed by atoms with Crippen LogP contribution < -0.4 is 0 Å². The molecule has 0 saturated carbocycles. The molecule has 21 heavy (non-hydrogen) atoms. The molecule has 0 bridgehead atoms. The number of benzene rings is 1. The number of carbonyl (C=O) groups excluding carboxylic acids is 1. The average molecular weight is 284 g/mol. The van der Waals surface area contributed by atoms with Gasteiger partial charge in [-0.05, 0) is 37.4 Å². The fraction of sp³-hybridized carbons (Fsp3) is 0.471. The van der Waals surface area contributed by atoms with Crippen LogP contribution in [0.3, 0.4) is 0 Å². The standard InChI is InChI=1S/C17H20N2O2/c1-11(20)21-15-7-4-9-19-10-8-13-12-5-2-3-6-14(12)18-16(13)17(15)19/h2-3,5-6,15,17-18H,4,7-10H2,1H3/t15-,17+/m1/s1. The smallest absolute Gasteiger partial charge is 0.302 e. The molecule has 3 heterocycles. The van der Waals surface area contributed by atoms with Gasteiger partial charge in [0, 0.05) is 30.1 Å². The van der Waals surface area contributed by atoms with Crippen LogP contribution in [-0.4, -0.2) is 35.0 Å². The van der Waals surface area contributed by atoms with Gasteiger partial charge >= 0.3 is 5.97 Å². The fourth-order valence-electron chi connectivity index (χ4n) is 3.98. The first-order valence-corrected chi connectivity index (χ1v) is 7.75. The first-order chi connectivity index (χ1) is 10.2. The van der Waals surface area contributed by atoms with Crippen molar-refractivity contribution < 1.29 is 9.53 Å². The molecule has 0 amide bonds. The van der Waals surface area contributed by atoms with E-state index in [1.165, 1.54) is 29.1 Å². The van der Waals surface area contributed by atoms with Gasteiger partial charge in [0.1, 0.15) is 6.10 Å². The Kier molecular flexibility index (Phi) is 3.00. The lowest BCUT2D eigenvalue weighted by Crippen LogP contribution is -2.47. The van der Waals surface area contributed by atoms with E-state index in [0.717, 1.165) is 32.4 Å². The molecule has 1 N–H and O–H groups in total. The molecule has 0 radical (unpaired) electrons. The van der Waals surface area contributed by atoms with Gasteiger partial charge in [-0.3, -0.25) is 9.69 Å². The normalized spacial score (nSPS) is 25.4. The zero-order chi connectivity index (χ0) is 14.4. The Labute approximate surface area is 124 Å². The van der Waals surface area contributed by atoms with Crippen molar-refractivity contribution >= 4 is 16.9 Å². The highest BCUT2D eigenvalue weighted by Gasteiger charge is 2.39. The number of carbonyl (C=O) groups is 1. The number of esters is 1. The quantitative estimate of drug-likeness (QED) is 0.819. The predicted octanol–water partition coefficient (Wildman–Crippen LogP) is 2.79. The number of nitrogens with one attached hydrogen (secondary N) is 1. The van der Waals surface area contributed by atoms with Crippen molar-refractivity contribution in [2.75, 3.05) is 13.1 Å². The molecular formula is C17H20N2O2. The van der Waals surface area contributed by atoms with Crippen LogP contribution in [0.5, 0.6) is 0 Å². The van der Waals surface area contributed by atoms with Gasteiger partial charge in [-0.15, -0.1) is 0 Å². The number of rotatable bonds is 1. The second-order valence-corrected chi connectivity index (χ2v) is 6.08. The molecule has 0 spiro atoms. The van der Waals surface area contributed by atoms with Gasteiger partial charge in [0.05, 0.1) is 6.04 Å². The molecule has 1 aromatic carbocycles. The summed E-state index contributed by atoms with van der Waals surface area (Å²) >= 11 is 0. The molecule has 110 valence electrons. The van der Waals surface area contributed by atoms with Crippen LogP contribution in [0, 0.1) is 0 Å². The van der Waals surface area contributed by atoms with Crippen molar-refractivity contribution in [1.82, 2.24) is 9.88 Å². The third-order valence-electron chi connectivity index (χ3n) is 4.79. The van der Waals surface area contributed by atoms with Crippen molar-refractivity contribution in [3.63, 3.8) is 0 Å². The van der Waals surface area contributed by atoms with Crippen molar-refractivity contribution in [3.8, 4) is 0 Å². The first kappa shape index (κ1) is 12.9. The summed E-state index contributed by atoms with van der Waals surface area (Å²) in [5, 5.41) is 1.32. The van der Waals surface area contributed by atoms with Crippen LogP contribution in [-0.2, 0) is 16.0 Å². The van der Waals surface area contributed by atoms with Gasteiger partial charge in [-0.25, -0.2) is 0 Å². The maximum Gasteiger partial charge on any atom is 0.302 e. The summed E-state index contributed by atoms with van der Waals surface area (Å²) in [5.41, 5.74) is 3.86. The zero-order valence-corrected chi connectivity index (χ0v) is 12.3. The highest BCUT2D eigenvalue weighted by atomic mass is 16.5. The molecule has 4 nitrogen and oxygen atoms in total. The molecule has 4 rings (SSSR count). The summed E-state index contributed by atoms with van der Waals surface area (Å²) in [5.74, 6) is -0.176. The van der Waals surface area contributed by atoms with Crippen LogP contribution >= 0.6 is 0 Å². The van der Waals surface area contributed by atoms with E-state index in [2.05, 4.69) is 34.1 Å². The van der Waals surface area contributed by atoms with Crippen LogP contribution in [0.25, 0.3) is 10.9 Å².